The molecule has 1 aliphatic heterocycles. The van der Waals surface area contributed by atoms with Crippen LogP contribution in [0.25, 0.3) is 0 Å². The summed E-state index contributed by atoms with van der Waals surface area (Å²) in [6.45, 7) is 2.77. The van der Waals surface area contributed by atoms with E-state index in [0.29, 0.717) is 12.6 Å². The summed E-state index contributed by atoms with van der Waals surface area (Å²) >= 11 is 0. The van der Waals surface area contributed by atoms with Crippen LogP contribution in [0.15, 0.2) is 24.3 Å². The lowest BCUT2D eigenvalue weighted by atomic mass is 10.1. The maximum absolute atomic E-state index is 5.94. The minimum absolute atomic E-state index is 0.321. The van der Waals surface area contributed by atoms with Crippen molar-refractivity contribution >= 4 is 0 Å². The van der Waals surface area contributed by atoms with Crippen molar-refractivity contribution in [3.63, 3.8) is 0 Å². The molecular formula is C13H20N2O. The summed E-state index contributed by atoms with van der Waals surface area (Å²) in [5.41, 5.74) is 6.80. The van der Waals surface area contributed by atoms with Crippen molar-refractivity contribution in [2.24, 2.45) is 5.73 Å². The van der Waals surface area contributed by atoms with Gasteiger partial charge in [-0.25, -0.2) is 0 Å². The van der Waals surface area contributed by atoms with E-state index in [2.05, 4.69) is 17.4 Å². The van der Waals surface area contributed by atoms with Gasteiger partial charge in [0.2, 0.25) is 0 Å². The molecule has 1 fully saturated rings. The monoisotopic (exact) mass is 220 g/mol. The third kappa shape index (κ3) is 3.22. The van der Waals surface area contributed by atoms with Crippen molar-refractivity contribution < 1.29 is 4.74 Å². The quantitative estimate of drug-likeness (QED) is 0.804. The Morgan fingerprint density at radius 2 is 2.38 bits per heavy atom. The summed E-state index contributed by atoms with van der Waals surface area (Å²) in [5.74, 6) is 0.972. The maximum Gasteiger partial charge on any atom is 0.120 e. The first-order chi connectivity index (χ1) is 7.88. The van der Waals surface area contributed by atoms with Crippen LogP contribution in [-0.4, -0.2) is 25.7 Å². The van der Waals surface area contributed by atoms with Crippen molar-refractivity contribution in [3.8, 4) is 5.75 Å². The maximum atomic E-state index is 5.94. The van der Waals surface area contributed by atoms with Gasteiger partial charge in [0.25, 0.3) is 0 Å². The molecule has 16 heavy (non-hydrogen) atoms. The molecule has 1 atom stereocenters. The van der Waals surface area contributed by atoms with Gasteiger partial charge < -0.3 is 15.8 Å². The molecule has 0 amide bonds. The normalized spacial score (nSPS) is 20.7. The molecular weight excluding hydrogens is 200 g/mol. The molecule has 1 saturated heterocycles. The lowest BCUT2D eigenvalue weighted by Gasteiger charge is -2.24. The van der Waals surface area contributed by atoms with Gasteiger partial charge in [-0.1, -0.05) is 12.1 Å². The van der Waals surface area contributed by atoms with E-state index in [-0.39, 0.29) is 0 Å². The summed E-state index contributed by atoms with van der Waals surface area (Å²) in [6, 6.07) is 8.26. The fourth-order valence-electron chi connectivity index (χ4n) is 2.05. The van der Waals surface area contributed by atoms with Gasteiger partial charge in [-0.3, -0.25) is 0 Å². The Kier molecular flexibility index (Phi) is 4.19. The van der Waals surface area contributed by atoms with Gasteiger partial charge in [0.05, 0.1) is 0 Å². The number of benzene rings is 1. The van der Waals surface area contributed by atoms with Gasteiger partial charge in [0, 0.05) is 6.54 Å². The summed E-state index contributed by atoms with van der Waals surface area (Å²) in [5, 5.41) is 3.35. The van der Waals surface area contributed by atoms with E-state index in [9.17, 15) is 0 Å². The summed E-state index contributed by atoms with van der Waals surface area (Å²) in [4.78, 5) is 0. The van der Waals surface area contributed by atoms with Crippen molar-refractivity contribution in [1.82, 2.24) is 5.32 Å². The van der Waals surface area contributed by atoms with E-state index < -0.39 is 0 Å². The molecule has 1 heterocycles. The Bertz CT molecular complexity index is 321. The number of nitrogens with two attached hydrogens (primary N) is 1. The van der Waals surface area contributed by atoms with Crippen LogP contribution in [0.1, 0.15) is 18.4 Å². The first-order valence-electron chi connectivity index (χ1n) is 6.05. The van der Waals surface area contributed by atoms with Crippen molar-refractivity contribution in [1.29, 1.82) is 0 Å². The van der Waals surface area contributed by atoms with E-state index in [1.165, 1.54) is 12.0 Å². The molecule has 0 aliphatic carbocycles. The second-order valence-electron chi connectivity index (χ2n) is 4.27. The third-order valence-corrected chi connectivity index (χ3v) is 2.89. The van der Waals surface area contributed by atoms with E-state index in [0.717, 1.165) is 31.7 Å². The van der Waals surface area contributed by atoms with Crippen LogP contribution in [0.2, 0.25) is 0 Å². The number of piperidine rings is 1. The van der Waals surface area contributed by atoms with Crippen LogP contribution in [0.5, 0.6) is 5.75 Å². The van der Waals surface area contributed by atoms with E-state index in [1.807, 2.05) is 12.1 Å². The molecule has 1 aromatic rings. The van der Waals surface area contributed by atoms with E-state index in [4.69, 9.17) is 10.5 Å². The topological polar surface area (TPSA) is 47.3 Å². The van der Waals surface area contributed by atoms with Gasteiger partial charge in [0.15, 0.2) is 0 Å². The van der Waals surface area contributed by atoms with Crippen LogP contribution in [-0.2, 0) is 6.42 Å². The second kappa shape index (κ2) is 5.87. The highest BCUT2D eigenvalue weighted by Crippen LogP contribution is 2.17. The second-order valence-corrected chi connectivity index (χ2v) is 4.27. The zero-order valence-corrected chi connectivity index (χ0v) is 9.61. The highest BCUT2D eigenvalue weighted by Gasteiger charge is 2.14. The summed E-state index contributed by atoms with van der Waals surface area (Å²) in [7, 11) is 0. The molecule has 0 radical (unpaired) electrons. The highest BCUT2D eigenvalue weighted by molar-refractivity contribution is 5.29. The lowest BCUT2D eigenvalue weighted by Crippen LogP contribution is -2.37. The first-order valence-corrected chi connectivity index (χ1v) is 6.05. The Morgan fingerprint density at radius 3 is 3.12 bits per heavy atom. The molecule has 1 unspecified atom stereocenters. The predicted molar refractivity (Wildman–Crippen MR) is 65.7 cm³/mol. The smallest absolute Gasteiger partial charge is 0.120 e. The zero-order valence-electron chi connectivity index (χ0n) is 9.61. The zero-order chi connectivity index (χ0) is 11.2. The first kappa shape index (κ1) is 11.4. The average molecular weight is 220 g/mol. The van der Waals surface area contributed by atoms with Gasteiger partial charge in [-0.2, -0.15) is 0 Å². The van der Waals surface area contributed by atoms with Gasteiger partial charge in [-0.15, -0.1) is 0 Å². The Hall–Kier alpha value is -1.06. The largest absolute Gasteiger partial charge is 0.489 e. The van der Waals surface area contributed by atoms with Crippen molar-refractivity contribution in [2.75, 3.05) is 19.6 Å². The van der Waals surface area contributed by atoms with Gasteiger partial charge in [-0.05, 0) is 50.0 Å². The molecule has 3 nitrogen and oxygen atoms in total. The van der Waals surface area contributed by atoms with Gasteiger partial charge in [0.1, 0.15) is 11.9 Å². The van der Waals surface area contributed by atoms with Crippen LogP contribution in [0.3, 0.4) is 0 Å². The molecule has 0 saturated carbocycles. The number of hydrogen-bond acceptors (Lipinski definition) is 3. The number of rotatable bonds is 4. The summed E-state index contributed by atoms with van der Waals surface area (Å²) < 4.78 is 5.94. The molecule has 1 aromatic carbocycles. The minimum atomic E-state index is 0.321. The van der Waals surface area contributed by atoms with E-state index >= 15 is 0 Å². The molecule has 3 N–H and O–H groups in total. The Labute approximate surface area is 97.0 Å². The van der Waals surface area contributed by atoms with Crippen molar-refractivity contribution in [3.05, 3.63) is 29.8 Å². The van der Waals surface area contributed by atoms with Crippen LogP contribution in [0.4, 0.5) is 0 Å². The molecule has 0 spiro atoms. The molecule has 0 bridgehead atoms. The van der Waals surface area contributed by atoms with Crippen molar-refractivity contribution in [2.45, 2.75) is 25.4 Å². The number of nitrogens with one attached hydrogen (secondary N) is 1. The molecule has 3 heteroatoms. The standard InChI is InChI=1S/C13H20N2O/c14-7-6-11-3-1-4-12(9-11)16-13-5-2-8-15-10-13/h1,3-4,9,13,15H,2,5-8,10,14H2. The number of hydrogen-bond donors (Lipinski definition) is 2. The predicted octanol–water partition coefficient (Wildman–Crippen LogP) is 1.32. The lowest BCUT2D eigenvalue weighted by molar-refractivity contribution is 0.167. The van der Waals surface area contributed by atoms with Crippen LogP contribution < -0.4 is 15.8 Å². The SMILES string of the molecule is NCCc1cccc(OC2CCCNC2)c1. The fraction of sp³-hybridized carbons (Fsp3) is 0.538. The summed E-state index contributed by atoms with van der Waals surface area (Å²) in [6.07, 6.45) is 3.59. The highest BCUT2D eigenvalue weighted by atomic mass is 16.5. The number of ether oxygens (including phenoxy) is 1. The Morgan fingerprint density at radius 1 is 1.44 bits per heavy atom. The molecule has 1 aliphatic rings. The Balaban J connectivity index is 1.94. The molecule has 0 aromatic heterocycles. The molecule has 88 valence electrons. The fourth-order valence-corrected chi connectivity index (χ4v) is 2.05. The average Bonchev–Trinajstić information content (AvgIpc) is 2.31. The van der Waals surface area contributed by atoms with E-state index in [1.54, 1.807) is 0 Å². The third-order valence-electron chi connectivity index (χ3n) is 2.89. The van der Waals surface area contributed by atoms with Crippen LogP contribution in [0, 0.1) is 0 Å². The molecule has 2 rings (SSSR count). The minimum Gasteiger partial charge on any atom is -0.489 e. The van der Waals surface area contributed by atoms with Crippen LogP contribution >= 0.6 is 0 Å². The van der Waals surface area contributed by atoms with Gasteiger partial charge >= 0.3 is 0 Å².